The molecule has 168 valence electrons. The molecule has 3 aromatic rings. The number of carbonyl (C=O) groups excluding carboxylic acids is 1. The van der Waals surface area contributed by atoms with Crippen molar-refractivity contribution in [2.75, 3.05) is 26.2 Å². The van der Waals surface area contributed by atoms with Crippen LogP contribution in [0.25, 0.3) is 5.69 Å². The van der Waals surface area contributed by atoms with Crippen molar-refractivity contribution in [1.29, 1.82) is 0 Å². The van der Waals surface area contributed by atoms with Gasteiger partial charge in [0.1, 0.15) is 24.5 Å². The van der Waals surface area contributed by atoms with Crippen molar-refractivity contribution in [2.45, 2.75) is 26.0 Å². The van der Waals surface area contributed by atoms with Crippen molar-refractivity contribution in [2.24, 2.45) is 0 Å². The number of nitrogens with one attached hydrogen (secondary N) is 1. The predicted octanol–water partition coefficient (Wildman–Crippen LogP) is 3.06. The molecule has 1 fully saturated rings. The lowest BCUT2D eigenvalue weighted by Gasteiger charge is -2.36. The summed E-state index contributed by atoms with van der Waals surface area (Å²) in [6.45, 7) is 5.48. The third-order valence-corrected chi connectivity index (χ3v) is 5.89. The second-order valence-electron chi connectivity index (χ2n) is 7.94. The Morgan fingerprint density at radius 2 is 1.91 bits per heavy atom. The number of hydrogen-bond acceptors (Lipinski definition) is 5. The fraction of sp³-hybridized carbons (Fsp3) is 0.333. The van der Waals surface area contributed by atoms with E-state index in [0.29, 0.717) is 30.4 Å². The summed E-state index contributed by atoms with van der Waals surface area (Å²) >= 11 is 5.90. The average molecular weight is 455 g/mol. The van der Waals surface area contributed by atoms with E-state index in [1.165, 1.54) is 0 Å². The van der Waals surface area contributed by atoms with E-state index in [1.54, 1.807) is 24.3 Å². The van der Waals surface area contributed by atoms with Crippen LogP contribution in [0.5, 0.6) is 5.75 Å². The highest BCUT2D eigenvalue weighted by atomic mass is 35.5. The van der Waals surface area contributed by atoms with Gasteiger partial charge >= 0.3 is 0 Å². The number of benzene rings is 2. The first-order chi connectivity index (χ1) is 15.4. The number of rotatable bonds is 7. The Hall–Kier alpha value is -2.87. The molecule has 1 aromatic heterocycles. The molecule has 0 unspecified atom stereocenters. The molecular weight excluding hydrogens is 428 g/mol. The van der Waals surface area contributed by atoms with Crippen molar-refractivity contribution < 1.29 is 14.6 Å². The largest absolute Gasteiger partial charge is 0.491 e. The van der Waals surface area contributed by atoms with E-state index >= 15 is 0 Å². The molecule has 0 spiro atoms. The van der Waals surface area contributed by atoms with E-state index in [2.05, 4.69) is 5.32 Å². The van der Waals surface area contributed by atoms with E-state index in [4.69, 9.17) is 21.4 Å². The molecule has 7 nitrogen and oxygen atoms in total. The number of carbonyl (C=O) groups is 1. The molecule has 0 radical (unpaired) electrons. The van der Waals surface area contributed by atoms with Crippen LogP contribution < -0.4 is 10.1 Å². The van der Waals surface area contributed by atoms with Crippen LogP contribution in [0.15, 0.2) is 54.6 Å². The molecule has 1 saturated heterocycles. The zero-order valence-corrected chi connectivity index (χ0v) is 18.9. The van der Waals surface area contributed by atoms with Crippen LogP contribution in [0.4, 0.5) is 0 Å². The summed E-state index contributed by atoms with van der Waals surface area (Å²) in [5.74, 6) is 0.554. The Kier molecular flexibility index (Phi) is 6.79. The van der Waals surface area contributed by atoms with Gasteiger partial charge in [-0.1, -0.05) is 29.8 Å². The molecule has 2 heterocycles. The number of halogens is 1. The number of aryl methyl sites for hydroxylation is 1. The van der Waals surface area contributed by atoms with E-state index in [0.717, 1.165) is 22.6 Å². The predicted molar refractivity (Wildman–Crippen MR) is 123 cm³/mol. The zero-order valence-electron chi connectivity index (χ0n) is 18.2. The van der Waals surface area contributed by atoms with Crippen LogP contribution in [0.1, 0.15) is 23.0 Å². The van der Waals surface area contributed by atoms with Gasteiger partial charge in [0.25, 0.3) is 0 Å². The van der Waals surface area contributed by atoms with Gasteiger partial charge in [-0.25, -0.2) is 4.68 Å². The minimum absolute atomic E-state index is 0.0825. The van der Waals surface area contributed by atoms with Crippen molar-refractivity contribution in [1.82, 2.24) is 20.0 Å². The van der Waals surface area contributed by atoms with Crippen LogP contribution in [0, 0.1) is 13.8 Å². The number of amides is 1. The molecular formula is C24H27ClN4O3. The maximum Gasteiger partial charge on any atom is 0.242 e. The summed E-state index contributed by atoms with van der Waals surface area (Å²) < 4.78 is 7.56. The molecule has 0 saturated carbocycles. The molecule has 32 heavy (non-hydrogen) atoms. The van der Waals surface area contributed by atoms with Crippen LogP contribution in [-0.2, 0) is 4.79 Å². The maximum absolute atomic E-state index is 12.9. The van der Waals surface area contributed by atoms with Crippen LogP contribution >= 0.6 is 11.6 Å². The van der Waals surface area contributed by atoms with Crippen molar-refractivity contribution in [3.8, 4) is 11.4 Å². The summed E-state index contributed by atoms with van der Waals surface area (Å²) in [5.41, 5.74) is 3.52. The number of para-hydroxylation sites is 1. The van der Waals surface area contributed by atoms with Gasteiger partial charge in [-0.3, -0.25) is 9.69 Å². The fourth-order valence-electron chi connectivity index (χ4n) is 4.14. The highest BCUT2D eigenvalue weighted by molar-refractivity contribution is 6.30. The summed E-state index contributed by atoms with van der Waals surface area (Å²) in [6, 6.07) is 16.3. The Morgan fingerprint density at radius 1 is 1.19 bits per heavy atom. The topological polar surface area (TPSA) is 79.6 Å². The lowest BCUT2D eigenvalue weighted by Crippen LogP contribution is -2.52. The Balaban J connectivity index is 1.52. The number of aliphatic hydroxyl groups is 1. The van der Waals surface area contributed by atoms with Crippen molar-refractivity contribution >= 4 is 17.5 Å². The van der Waals surface area contributed by atoms with Crippen molar-refractivity contribution in [3.63, 3.8) is 0 Å². The van der Waals surface area contributed by atoms with Gasteiger partial charge in [-0.2, -0.15) is 5.10 Å². The Morgan fingerprint density at radius 3 is 2.62 bits per heavy atom. The monoisotopic (exact) mass is 454 g/mol. The molecule has 4 rings (SSSR count). The SMILES string of the molecule is Cc1nn(-c2ccccc2)c(C)c1[C@@H]1C(=O)NCCN1C[C@H](O)COc1ccc(Cl)cc1. The van der Waals surface area contributed by atoms with Gasteiger partial charge in [0, 0.05) is 35.9 Å². The molecule has 0 bridgehead atoms. The number of ether oxygens (including phenoxy) is 1. The highest BCUT2D eigenvalue weighted by Gasteiger charge is 2.36. The van der Waals surface area contributed by atoms with Gasteiger partial charge in [0.15, 0.2) is 0 Å². The lowest BCUT2D eigenvalue weighted by atomic mass is 10.00. The second kappa shape index (κ2) is 9.73. The van der Waals surface area contributed by atoms with E-state index < -0.39 is 12.1 Å². The molecule has 2 N–H and O–H groups in total. The highest BCUT2D eigenvalue weighted by Crippen LogP contribution is 2.30. The zero-order chi connectivity index (χ0) is 22.7. The molecule has 8 heteroatoms. The Bertz CT molecular complexity index is 1070. The fourth-order valence-corrected chi connectivity index (χ4v) is 4.27. The first-order valence-corrected chi connectivity index (χ1v) is 11.0. The number of piperazine rings is 1. The summed E-state index contributed by atoms with van der Waals surface area (Å²) in [5, 5.41) is 18.9. The number of aromatic nitrogens is 2. The lowest BCUT2D eigenvalue weighted by molar-refractivity contribution is -0.130. The van der Waals surface area contributed by atoms with E-state index in [1.807, 2.05) is 53.8 Å². The number of β-amino-alcohol motifs (C(OH)–C–C–N with tert-alkyl or cyclic N) is 1. The van der Waals surface area contributed by atoms with Crippen LogP contribution in [-0.4, -0.2) is 58.0 Å². The normalized spacial score (nSPS) is 17.8. The number of nitrogens with zero attached hydrogens (tertiary/aromatic N) is 3. The summed E-state index contributed by atoms with van der Waals surface area (Å²) in [4.78, 5) is 14.9. The standard InChI is InChI=1S/C24H27ClN4O3/c1-16-22(17(2)29(27-16)19-6-4-3-5-7-19)23-24(31)26-12-13-28(23)14-20(30)15-32-21-10-8-18(25)9-11-21/h3-11,20,23,30H,12-15H2,1-2H3,(H,26,31)/t20-,23+/m0/s1. The van der Waals surface area contributed by atoms with Gasteiger partial charge in [0.2, 0.25) is 5.91 Å². The van der Waals surface area contributed by atoms with Gasteiger partial charge in [0.05, 0.1) is 11.4 Å². The van der Waals surface area contributed by atoms with Gasteiger partial charge in [-0.15, -0.1) is 0 Å². The van der Waals surface area contributed by atoms with Crippen LogP contribution in [0.2, 0.25) is 5.02 Å². The molecule has 0 aliphatic carbocycles. The van der Waals surface area contributed by atoms with Crippen molar-refractivity contribution in [3.05, 3.63) is 76.6 Å². The quantitative estimate of drug-likeness (QED) is 0.573. The van der Waals surface area contributed by atoms with E-state index in [-0.39, 0.29) is 12.5 Å². The minimum Gasteiger partial charge on any atom is -0.491 e. The Labute approximate surface area is 192 Å². The first kappa shape index (κ1) is 22.3. The first-order valence-electron chi connectivity index (χ1n) is 10.6. The minimum atomic E-state index is -0.760. The van der Waals surface area contributed by atoms with E-state index in [9.17, 15) is 9.90 Å². The average Bonchev–Trinajstić information content (AvgIpc) is 3.08. The summed E-state index contributed by atoms with van der Waals surface area (Å²) in [6.07, 6.45) is -0.760. The maximum atomic E-state index is 12.9. The molecule has 1 aliphatic heterocycles. The molecule has 2 atom stereocenters. The smallest absolute Gasteiger partial charge is 0.242 e. The summed E-state index contributed by atoms with van der Waals surface area (Å²) in [7, 11) is 0. The van der Waals surface area contributed by atoms with Gasteiger partial charge < -0.3 is 15.2 Å². The van der Waals surface area contributed by atoms with Gasteiger partial charge in [-0.05, 0) is 50.2 Å². The molecule has 2 aromatic carbocycles. The second-order valence-corrected chi connectivity index (χ2v) is 8.38. The van der Waals surface area contributed by atoms with Crippen LogP contribution in [0.3, 0.4) is 0 Å². The molecule has 1 aliphatic rings. The molecule has 1 amide bonds. The number of aliphatic hydroxyl groups excluding tert-OH is 1. The third-order valence-electron chi connectivity index (χ3n) is 5.63. The third kappa shape index (κ3) is 4.80. The number of hydrogen-bond donors (Lipinski definition) is 2.